The lowest BCUT2D eigenvalue weighted by molar-refractivity contribution is 0.448. The Kier molecular flexibility index (Phi) is 9.70. The van der Waals surface area contributed by atoms with Gasteiger partial charge in [-0.3, -0.25) is 0 Å². The van der Waals surface area contributed by atoms with Gasteiger partial charge in [0, 0.05) is 0 Å². The molecular weight excluding hydrogens is 175 g/mol. The van der Waals surface area contributed by atoms with Gasteiger partial charge in [0.25, 0.3) is 0 Å². The summed E-state index contributed by atoms with van der Waals surface area (Å²) in [5, 5.41) is 14.0. The maximum atomic E-state index is 7.00. The van der Waals surface area contributed by atoms with Crippen LogP contribution in [0.25, 0.3) is 0 Å². The lowest BCUT2D eigenvalue weighted by Crippen LogP contribution is -1.83. The van der Waals surface area contributed by atoms with Crippen molar-refractivity contribution < 1.29 is 10.0 Å². The minimum atomic E-state index is 0. The van der Waals surface area contributed by atoms with Gasteiger partial charge in [-0.2, -0.15) is 0 Å². The highest BCUT2D eigenvalue weighted by molar-refractivity contribution is 6.13. The average molecular weight is 193 g/mol. The summed E-state index contributed by atoms with van der Waals surface area (Å²) in [6.07, 6.45) is 5.25. The van der Waals surface area contributed by atoms with E-state index in [1.165, 1.54) is 31.2 Å². The van der Waals surface area contributed by atoms with Gasteiger partial charge in [-0.05, 0) is 18.4 Å². The Hall–Kier alpha value is -0.795. The molecule has 1 aromatic rings. The van der Waals surface area contributed by atoms with Crippen LogP contribution in [-0.2, 0) is 6.42 Å². The third kappa shape index (κ3) is 7.83. The number of unbranched alkanes of at least 4 members (excludes halogenated alkanes) is 2. The van der Waals surface area contributed by atoms with Crippen LogP contribution < -0.4 is 0 Å². The Bertz CT molecular complexity index is 202. The van der Waals surface area contributed by atoms with E-state index in [1.807, 2.05) is 0 Å². The SMILES string of the molecule is CCCCCc1ccccc1.O[B]O. The summed E-state index contributed by atoms with van der Waals surface area (Å²) >= 11 is 0. The molecule has 2 nitrogen and oxygen atoms in total. The van der Waals surface area contributed by atoms with Crippen molar-refractivity contribution in [2.75, 3.05) is 0 Å². The zero-order valence-electron chi connectivity index (χ0n) is 8.69. The average Bonchev–Trinajstić information content (AvgIpc) is 2.21. The van der Waals surface area contributed by atoms with Crippen LogP contribution in [0.15, 0.2) is 30.3 Å². The predicted octanol–water partition coefficient (Wildman–Crippen LogP) is 1.92. The van der Waals surface area contributed by atoms with E-state index in [9.17, 15) is 0 Å². The summed E-state index contributed by atoms with van der Waals surface area (Å²) < 4.78 is 0. The fourth-order valence-corrected chi connectivity index (χ4v) is 1.22. The second kappa shape index (κ2) is 10.3. The molecule has 0 aromatic heterocycles. The van der Waals surface area contributed by atoms with Gasteiger partial charge in [0.05, 0.1) is 0 Å². The van der Waals surface area contributed by atoms with Crippen molar-refractivity contribution in [3.05, 3.63) is 35.9 Å². The number of hydrogen-bond donors (Lipinski definition) is 2. The highest BCUT2D eigenvalue weighted by Gasteiger charge is 1.89. The number of rotatable bonds is 4. The molecular formula is C11H18BO2. The van der Waals surface area contributed by atoms with Gasteiger partial charge in [0.15, 0.2) is 0 Å². The first-order valence-electron chi connectivity index (χ1n) is 4.99. The van der Waals surface area contributed by atoms with Crippen LogP contribution in [0.4, 0.5) is 0 Å². The molecule has 14 heavy (non-hydrogen) atoms. The zero-order valence-corrected chi connectivity index (χ0v) is 8.69. The van der Waals surface area contributed by atoms with E-state index in [0.29, 0.717) is 0 Å². The van der Waals surface area contributed by atoms with Crippen molar-refractivity contribution in [2.24, 2.45) is 0 Å². The van der Waals surface area contributed by atoms with E-state index in [-0.39, 0.29) is 7.69 Å². The third-order valence-corrected chi connectivity index (χ3v) is 1.91. The Morgan fingerprint density at radius 2 is 1.64 bits per heavy atom. The standard InChI is InChI=1S/C11H16.BH2O2/c1-2-3-5-8-11-9-6-4-7-10-11;2-1-3/h4,6-7,9-10H,2-3,5,8H2,1H3;2-3H. The molecule has 0 saturated heterocycles. The zero-order chi connectivity index (χ0) is 10.6. The van der Waals surface area contributed by atoms with Gasteiger partial charge < -0.3 is 10.0 Å². The second-order valence-electron chi connectivity index (χ2n) is 3.06. The van der Waals surface area contributed by atoms with Gasteiger partial charge in [0.1, 0.15) is 0 Å². The van der Waals surface area contributed by atoms with Crippen LogP contribution in [0.1, 0.15) is 31.7 Å². The molecule has 0 heterocycles. The molecule has 0 aliphatic carbocycles. The molecule has 0 amide bonds. The van der Waals surface area contributed by atoms with E-state index in [2.05, 4.69) is 37.3 Å². The number of hydrogen-bond acceptors (Lipinski definition) is 2. The summed E-state index contributed by atoms with van der Waals surface area (Å²) in [5.41, 5.74) is 1.47. The van der Waals surface area contributed by atoms with E-state index >= 15 is 0 Å². The van der Waals surface area contributed by atoms with Gasteiger partial charge in [-0.25, -0.2) is 0 Å². The van der Waals surface area contributed by atoms with Crippen LogP contribution in [-0.4, -0.2) is 17.7 Å². The van der Waals surface area contributed by atoms with Crippen molar-refractivity contribution >= 4 is 7.69 Å². The molecule has 77 valence electrons. The molecule has 0 aliphatic heterocycles. The van der Waals surface area contributed by atoms with Crippen LogP contribution >= 0.6 is 0 Å². The number of benzene rings is 1. The van der Waals surface area contributed by atoms with Crippen LogP contribution in [0.2, 0.25) is 0 Å². The molecule has 1 aromatic carbocycles. The van der Waals surface area contributed by atoms with Gasteiger partial charge >= 0.3 is 7.69 Å². The molecule has 0 saturated carbocycles. The maximum Gasteiger partial charge on any atom is 0.482 e. The van der Waals surface area contributed by atoms with Crippen LogP contribution in [0, 0.1) is 0 Å². The molecule has 0 spiro atoms. The van der Waals surface area contributed by atoms with E-state index < -0.39 is 0 Å². The fourth-order valence-electron chi connectivity index (χ4n) is 1.22. The topological polar surface area (TPSA) is 40.5 Å². The molecule has 0 bridgehead atoms. The highest BCUT2D eigenvalue weighted by atomic mass is 16.4. The molecule has 0 fully saturated rings. The third-order valence-electron chi connectivity index (χ3n) is 1.91. The van der Waals surface area contributed by atoms with Gasteiger partial charge in [-0.1, -0.05) is 50.1 Å². The minimum Gasteiger partial charge on any atom is -0.429 e. The Morgan fingerprint density at radius 1 is 1.07 bits per heavy atom. The van der Waals surface area contributed by atoms with Gasteiger partial charge in [-0.15, -0.1) is 0 Å². The molecule has 2 N–H and O–H groups in total. The Labute approximate surface area is 86.9 Å². The summed E-state index contributed by atoms with van der Waals surface area (Å²) in [7, 11) is 0. The molecule has 1 radical (unpaired) electrons. The molecule has 0 aliphatic rings. The molecule has 0 unspecified atom stereocenters. The largest absolute Gasteiger partial charge is 0.482 e. The van der Waals surface area contributed by atoms with Crippen molar-refractivity contribution in [1.82, 2.24) is 0 Å². The maximum absolute atomic E-state index is 7.00. The quantitative estimate of drug-likeness (QED) is 0.566. The number of aryl methyl sites for hydroxylation is 1. The first-order chi connectivity index (χ1) is 6.85. The lowest BCUT2D eigenvalue weighted by atomic mass is 10.1. The highest BCUT2D eigenvalue weighted by Crippen LogP contribution is 2.05. The van der Waals surface area contributed by atoms with Crippen molar-refractivity contribution in [3.8, 4) is 0 Å². The summed E-state index contributed by atoms with van der Waals surface area (Å²) in [4.78, 5) is 0. The molecule has 3 heteroatoms. The molecule has 1 rings (SSSR count). The van der Waals surface area contributed by atoms with E-state index in [1.54, 1.807) is 0 Å². The Morgan fingerprint density at radius 3 is 2.14 bits per heavy atom. The van der Waals surface area contributed by atoms with E-state index in [0.717, 1.165) is 0 Å². The second-order valence-corrected chi connectivity index (χ2v) is 3.06. The fraction of sp³-hybridized carbons (Fsp3) is 0.455. The lowest BCUT2D eigenvalue weighted by Gasteiger charge is -1.98. The smallest absolute Gasteiger partial charge is 0.429 e. The van der Waals surface area contributed by atoms with Crippen molar-refractivity contribution in [2.45, 2.75) is 32.6 Å². The first-order valence-corrected chi connectivity index (χ1v) is 4.99. The monoisotopic (exact) mass is 193 g/mol. The van der Waals surface area contributed by atoms with Crippen LogP contribution in [0.5, 0.6) is 0 Å². The summed E-state index contributed by atoms with van der Waals surface area (Å²) in [6, 6.07) is 10.7. The minimum absolute atomic E-state index is 0. The predicted molar refractivity (Wildman–Crippen MR) is 59.9 cm³/mol. The normalized spacial score (nSPS) is 8.79. The Balaban J connectivity index is 0.000000500. The van der Waals surface area contributed by atoms with Crippen molar-refractivity contribution in [1.29, 1.82) is 0 Å². The van der Waals surface area contributed by atoms with E-state index in [4.69, 9.17) is 10.0 Å². The molecule has 0 atom stereocenters. The van der Waals surface area contributed by atoms with Gasteiger partial charge in [0.2, 0.25) is 0 Å². The first kappa shape index (κ1) is 13.2. The summed E-state index contributed by atoms with van der Waals surface area (Å²) in [5.74, 6) is 0. The van der Waals surface area contributed by atoms with Crippen molar-refractivity contribution in [3.63, 3.8) is 0 Å². The summed E-state index contributed by atoms with van der Waals surface area (Å²) in [6.45, 7) is 2.24. The van der Waals surface area contributed by atoms with Crippen LogP contribution in [0.3, 0.4) is 0 Å².